The highest BCUT2D eigenvalue weighted by molar-refractivity contribution is 5.09. The Hall–Kier alpha value is -0.520. The Morgan fingerprint density at radius 2 is 1.69 bits per heavy atom. The van der Waals surface area contributed by atoms with Crippen LogP contribution in [0.25, 0.3) is 0 Å². The van der Waals surface area contributed by atoms with Crippen molar-refractivity contribution in [3.63, 3.8) is 0 Å². The van der Waals surface area contributed by atoms with Crippen LogP contribution in [0.1, 0.15) is 45.4 Å². The zero-order chi connectivity index (χ0) is 9.73. The maximum atomic E-state index is 3.98. The van der Waals surface area contributed by atoms with E-state index in [-0.39, 0.29) is 5.41 Å². The van der Waals surface area contributed by atoms with Crippen LogP contribution in [0, 0.1) is 11.3 Å². The normalized spacial score (nSPS) is 19.8. The van der Waals surface area contributed by atoms with Gasteiger partial charge in [-0.2, -0.15) is 0 Å². The molecular formula is C13H22. The molecule has 1 saturated carbocycles. The van der Waals surface area contributed by atoms with Crippen LogP contribution < -0.4 is 0 Å². The Balaban J connectivity index is 2.72. The molecule has 0 atom stereocenters. The van der Waals surface area contributed by atoms with Crippen molar-refractivity contribution in [2.45, 2.75) is 45.4 Å². The second-order valence-corrected chi connectivity index (χ2v) is 4.21. The third kappa shape index (κ3) is 2.04. The minimum absolute atomic E-state index is 0.223. The summed E-state index contributed by atoms with van der Waals surface area (Å²) in [6.45, 7) is 10.2. The maximum absolute atomic E-state index is 3.98. The quantitative estimate of drug-likeness (QED) is 0.562. The highest BCUT2D eigenvalue weighted by atomic mass is 14.4. The molecule has 0 nitrogen and oxygen atoms in total. The zero-order valence-corrected chi connectivity index (χ0v) is 8.89. The van der Waals surface area contributed by atoms with Gasteiger partial charge in [-0.1, -0.05) is 38.3 Å². The van der Waals surface area contributed by atoms with Crippen molar-refractivity contribution < 1.29 is 0 Å². The van der Waals surface area contributed by atoms with E-state index in [1.807, 2.05) is 0 Å². The first-order chi connectivity index (χ1) is 6.29. The smallest absolute Gasteiger partial charge is 0.00813 e. The number of allylic oxidation sites excluding steroid dienone is 2. The summed E-state index contributed by atoms with van der Waals surface area (Å²) < 4.78 is 0. The van der Waals surface area contributed by atoms with E-state index in [9.17, 15) is 0 Å². The molecule has 0 amide bonds. The van der Waals surface area contributed by atoms with Crippen LogP contribution >= 0.6 is 0 Å². The summed E-state index contributed by atoms with van der Waals surface area (Å²) in [5.74, 6) is 0.807. The highest BCUT2D eigenvalue weighted by Crippen LogP contribution is 2.42. The molecule has 0 N–H and O–H groups in total. The Labute approximate surface area is 82.7 Å². The third-order valence-corrected chi connectivity index (χ3v) is 3.74. The molecule has 0 heterocycles. The topological polar surface area (TPSA) is 0 Å². The van der Waals surface area contributed by atoms with Crippen molar-refractivity contribution >= 4 is 0 Å². The second kappa shape index (κ2) is 4.64. The molecule has 1 rings (SSSR count). The first kappa shape index (κ1) is 10.6. The highest BCUT2D eigenvalue weighted by Gasteiger charge is 2.31. The summed E-state index contributed by atoms with van der Waals surface area (Å²) in [4.78, 5) is 0. The van der Waals surface area contributed by atoms with Crippen LogP contribution in [-0.4, -0.2) is 0 Å². The van der Waals surface area contributed by atoms with E-state index in [2.05, 4.69) is 32.2 Å². The lowest BCUT2D eigenvalue weighted by Gasteiger charge is -2.37. The molecule has 0 aromatic heterocycles. The molecule has 74 valence electrons. The van der Waals surface area contributed by atoms with Crippen LogP contribution in [0.3, 0.4) is 0 Å². The minimum Gasteiger partial charge on any atom is -0.102 e. The van der Waals surface area contributed by atoms with Gasteiger partial charge in [0.15, 0.2) is 0 Å². The van der Waals surface area contributed by atoms with Gasteiger partial charge in [-0.05, 0) is 25.2 Å². The van der Waals surface area contributed by atoms with E-state index >= 15 is 0 Å². The fourth-order valence-electron chi connectivity index (χ4n) is 2.63. The first-order valence-corrected chi connectivity index (χ1v) is 5.56. The molecule has 13 heavy (non-hydrogen) atoms. The number of rotatable bonds is 4. The average Bonchev–Trinajstić information content (AvgIpc) is 2.23. The number of hydrogen-bond donors (Lipinski definition) is 0. The fraction of sp³-hybridized carbons (Fsp3) is 0.692. The van der Waals surface area contributed by atoms with Gasteiger partial charge >= 0.3 is 0 Å². The van der Waals surface area contributed by atoms with E-state index in [0.29, 0.717) is 0 Å². The van der Waals surface area contributed by atoms with Crippen molar-refractivity contribution in [3.8, 4) is 0 Å². The largest absolute Gasteiger partial charge is 0.102 e. The second-order valence-electron chi connectivity index (χ2n) is 4.21. The first-order valence-electron chi connectivity index (χ1n) is 5.56. The van der Waals surface area contributed by atoms with Gasteiger partial charge in [0.25, 0.3) is 0 Å². The molecule has 0 aromatic rings. The standard InChI is InChI=1S/C13H22/c1-4-13(5-2,6-3)12-10-8-7-9-11-12/h4-5,12H,1-2,6-11H2,3H3. The minimum atomic E-state index is 0.223. The SMILES string of the molecule is C=CC(C=C)(CC)C1CCCCC1. The molecule has 1 aliphatic rings. The van der Waals surface area contributed by atoms with Crippen LogP contribution in [-0.2, 0) is 0 Å². The molecule has 0 spiro atoms. The molecule has 0 radical (unpaired) electrons. The van der Waals surface area contributed by atoms with Gasteiger partial charge in [-0.15, -0.1) is 13.2 Å². The molecule has 1 aliphatic carbocycles. The third-order valence-electron chi connectivity index (χ3n) is 3.74. The van der Waals surface area contributed by atoms with E-state index in [1.54, 1.807) is 0 Å². The average molecular weight is 178 g/mol. The molecule has 0 bridgehead atoms. The molecule has 1 fully saturated rings. The van der Waals surface area contributed by atoms with Gasteiger partial charge in [-0.3, -0.25) is 0 Å². The van der Waals surface area contributed by atoms with Crippen molar-refractivity contribution in [3.05, 3.63) is 25.3 Å². The van der Waals surface area contributed by atoms with E-state index < -0.39 is 0 Å². The van der Waals surface area contributed by atoms with Crippen LogP contribution in [0.15, 0.2) is 25.3 Å². The molecule has 0 aliphatic heterocycles. The zero-order valence-electron chi connectivity index (χ0n) is 8.89. The Bertz CT molecular complexity index is 164. The fourth-order valence-corrected chi connectivity index (χ4v) is 2.63. The van der Waals surface area contributed by atoms with Crippen LogP contribution in [0.5, 0.6) is 0 Å². The monoisotopic (exact) mass is 178 g/mol. The molecule has 0 saturated heterocycles. The summed E-state index contributed by atoms with van der Waals surface area (Å²) in [6, 6.07) is 0. The Morgan fingerprint density at radius 3 is 2.08 bits per heavy atom. The molecule has 0 aromatic carbocycles. The Kier molecular flexibility index (Phi) is 3.77. The van der Waals surface area contributed by atoms with Crippen molar-refractivity contribution in [1.29, 1.82) is 0 Å². The maximum Gasteiger partial charge on any atom is 0.00813 e. The van der Waals surface area contributed by atoms with Gasteiger partial charge in [-0.25, -0.2) is 0 Å². The van der Waals surface area contributed by atoms with Crippen molar-refractivity contribution in [2.24, 2.45) is 11.3 Å². The van der Waals surface area contributed by atoms with Crippen molar-refractivity contribution in [1.82, 2.24) is 0 Å². The summed E-state index contributed by atoms with van der Waals surface area (Å²) in [7, 11) is 0. The predicted molar refractivity (Wildman–Crippen MR) is 59.7 cm³/mol. The summed E-state index contributed by atoms with van der Waals surface area (Å²) in [6.07, 6.45) is 12.3. The van der Waals surface area contributed by atoms with E-state index in [4.69, 9.17) is 0 Å². The molecule has 0 unspecified atom stereocenters. The lowest BCUT2D eigenvalue weighted by molar-refractivity contribution is 0.214. The molecular weight excluding hydrogens is 156 g/mol. The van der Waals surface area contributed by atoms with E-state index in [1.165, 1.54) is 32.1 Å². The van der Waals surface area contributed by atoms with Gasteiger partial charge < -0.3 is 0 Å². The summed E-state index contributed by atoms with van der Waals surface area (Å²) in [5.41, 5.74) is 0.223. The van der Waals surface area contributed by atoms with Crippen molar-refractivity contribution in [2.75, 3.05) is 0 Å². The van der Waals surface area contributed by atoms with E-state index in [0.717, 1.165) is 12.3 Å². The van der Waals surface area contributed by atoms with Gasteiger partial charge in [0.2, 0.25) is 0 Å². The Morgan fingerprint density at radius 1 is 1.15 bits per heavy atom. The van der Waals surface area contributed by atoms with Crippen LogP contribution in [0.4, 0.5) is 0 Å². The molecule has 0 heteroatoms. The van der Waals surface area contributed by atoms with Crippen LogP contribution in [0.2, 0.25) is 0 Å². The number of hydrogen-bond acceptors (Lipinski definition) is 0. The predicted octanol–water partition coefficient (Wildman–Crippen LogP) is 4.34. The lowest BCUT2D eigenvalue weighted by atomic mass is 9.67. The summed E-state index contributed by atoms with van der Waals surface area (Å²) >= 11 is 0. The van der Waals surface area contributed by atoms with Gasteiger partial charge in [0, 0.05) is 5.41 Å². The van der Waals surface area contributed by atoms with Gasteiger partial charge in [0.1, 0.15) is 0 Å². The lowest BCUT2D eigenvalue weighted by Crippen LogP contribution is -2.27. The van der Waals surface area contributed by atoms with Gasteiger partial charge in [0.05, 0.1) is 0 Å². The summed E-state index contributed by atoms with van der Waals surface area (Å²) in [5, 5.41) is 0.